The average Bonchev–Trinajstić information content (AvgIpc) is 3.18. The van der Waals surface area contributed by atoms with Crippen molar-refractivity contribution in [2.24, 2.45) is 0 Å². The van der Waals surface area contributed by atoms with E-state index in [0.717, 1.165) is 25.9 Å². The second-order valence-electron chi connectivity index (χ2n) is 9.72. The number of hydrogen-bond donors (Lipinski definition) is 3. The molecule has 0 aliphatic carbocycles. The molecule has 1 aliphatic heterocycles. The van der Waals surface area contributed by atoms with Crippen LogP contribution in [0.15, 0.2) is 97.1 Å². The fourth-order valence-electron chi connectivity index (χ4n) is 5.10. The van der Waals surface area contributed by atoms with Crippen molar-refractivity contribution in [3.05, 3.63) is 112 Å². The molecule has 0 amide bonds. The van der Waals surface area contributed by atoms with Crippen LogP contribution < -0.4 is 4.90 Å². The molecular formula is C31H28INO4S. The maximum Gasteiger partial charge on any atom is 0.265 e. The van der Waals surface area contributed by atoms with Crippen molar-refractivity contribution in [1.82, 2.24) is 0 Å². The molecule has 1 heterocycles. The Hall–Kier alpha value is -3.14. The number of thiocarbonyl (C=S) groups is 1. The number of phenols is 2. The van der Waals surface area contributed by atoms with Crippen LogP contribution in [0.3, 0.4) is 0 Å². The second-order valence-corrected chi connectivity index (χ2v) is 11.3. The summed E-state index contributed by atoms with van der Waals surface area (Å²) in [7, 11) is 0. The first-order valence-corrected chi connectivity index (χ1v) is 13.9. The summed E-state index contributed by atoms with van der Waals surface area (Å²) in [4.78, 5) is 1.94. The number of anilines is 1. The number of aromatic hydroxyl groups is 2. The Kier molecular flexibility index (Phi) is 7.61. The molecule has 0 spiro atoms. The molecular weight excluding hydrogens is 609 g/mol. The highest BCUT2D eigenvalue weighted by Gasteiger charge is 2.51. The predicted octanol–water partition coefficient (Wildman–Crippen LogP) is 7.50. The van der Waals surface area contributed by atoms with E-state index in [1.807, 2.05) is 84.6 Å². The molecule has 1 aliphatic rings. The number of benzene rings is 4. The van der Waals surface area contributed by atoms with E-state index in [9.17, 15) is 15.3 Å². The number of para-hydroxylation sites is 1. The topological polar surface area (TPSA) is 73.2 Å². The minimum atomic E-state index is -0.818. The number of halogens is 1. The van der Waals surface area contributed by atoms with E-state index in [4.69, 9.17) is 17.0 Å². The van der Waals surface area contributed by atoms with Crippen LogP contribution in [0, 0.1) is 3.57 Å². The molecule has 5 nitrogen and oxygen atoms in total. The fourth-order valence-corrected chi connectivity index (χ4v) is 5.86. The molecule has 0 aromatic heterocycles. The van der Waals surface area contributed by atoms with Gasteiger partial charge in [0, 0.05) is 14.8 Å². The van der Waals surface area contributed by atoms with Crippen LogP contribution >= 0.6 is 34.8 Å². The zero-order valence-corrected chi connectivity index (χ0v) is 23.8. The quantitative estimate of drug-likeness (QED) is 0.144. The Morgan fingerprint density at radius 2 is 1.63 bits per heavy atom. The Balaban J connectivity index is 1.51. The van der Waals surface area contributed by atoms with Crippen molar-refractivity contribution in [3.8, 4) is 22.6 Å². The molecule has 3 atom stereocenters. The molecule has 0 bridgehead atoms. The van der Waals surface area contributed by atoms with E-state index < -0.39 is 17.7 Å². The van der Waals surface area contributed by atoms with Gasteiger partial charge in [0.1, 0.15) is 23.1 Å². The molecule has 5 rings (SSSR count). The van der Waals surface area contributed by atoms with Gasteiger partial charge in [-0.15, -0.1) is 0 Å². The molecule has 0 saturated carbocycles. The van der Waals surface area contributed by atoms with E-state index in [0.29, 0.717) is 23.6 Å². The highest BCUT2D eigenvalue weighted by molar-refractivity contribution is 14.1. The van der Waals surface area contributed by atoms with Crippen molar-refractivity contribution in [2.75, 3.05) is 4.90 Å². The minimum absolute atomic E-state index is 0.106. The van der Waals surface area contributed by atoms with Crippen molar-refractivity contribution in [3.63, 3.8) is 0 Å². The zero-order valence-electron chi connectivity index (χ0n) is 20.8. The largest absolute Gasteiger partial charge is 0.508 e. The first-order chi connectivity index (χ1) is 18.2. The lowest BCUT2D eigenvalue weighted by Crippen LogP contribution is -2.36. The van der Waals surface area contributed by atoms with Gasteiger partial charge in [0.15, 0.2) is 0 Å². The Morgan fingerprint density at radius 1 is 0.921 bits per heavy atom. The summed E-state index contributed by atoms with van der Waals surface area (Å²) in [5, 5.41) is 32.5. The standard InChI is InChI=1S/C31H28INO4S/c1-31(17-16-27(35)20-10-13-23(32)14-11-20)29(33(30(38)37-31)24-7-3-2-4-8-24)26-15-12-22(19-28(26)36)21-6-5-9-25(34)18-21/h2-15,18-19,27,29,34-36H,16-17H2,1H3/t27-,29+,31+/m0/s1. The molecule has 4 aromatic rings. The van der Waals surface area contributed by atoms with Crippen LogP contribution in [0.2, 0.25) is 0 Å². The summed E-state index contributed by atoms with van der Waals surface area (Å²) in [5.41, 5.74) is 3.15. The third-order valence-corrected chi connectivity index (χ3v) is 8.06. The maximum absolute atomic E-state index is 11.3. The van der Waals surface area contributed by atoms with Crippen LogP contribution in [0.4, 0.5) is 5.69 Å². The molecule has 38 heavy (non-hydrogen) atoms. The van der Waals surface area contributed by atoms with E-state index in [2.05, 4.69) is 22.6 Å². The first-order valence-electron chi connectivity index (χ1n) is 12.4. The number of aliphatic hydroxyl groups is 1. The lowest BCUT2D eigenvalue weighted by Gasteiger charge is -2.34. The lowest BCUT2D eigenvalue weighted by atomic mass is 9.83. The van der Waals surface area contributed by atoms with Crippen LogP contribution in [0.25, 0.3) is 11.1 Å². The number of hydrogen-bond acceptors (Lipinski definition) is 5. The van der Waals surface area contributed by atoms with Gasteiger partial charge in [0.2, 0.25) is 0 Å². The molecule has 1 saturated heterocycles. The number of aliphatic hydroxyl groups excluding tert-OH is 1. The number of phenolic OH excluding ortho intramolecular Hbond substituents is 2. The van der Waals surface area contributed by atoms with Crippen molar-refractivity contribution >= 4 is 45.7 Å². The van der Waals surface area contributed by atoms with Crippen molar-refractivity contribution in [2.45, 2.75) is 37.5 Å². The summed E-state index contributed by atoms with van der Waals surface area (Å²) in [6, 6.07) is 29.6. The summed E-state index contributed by atoms with van der Waals surface area (Å²) < 4.78 is 7.48. The van der Waals surface area contributed by atoms with Gasteiger partial charge in [-0.25, -0.2) is 0 Å². The van der Waals surface area contributed by atoms with Gasteiger partial charge in [-0.2, -0.15) is 0 Å². The fraction of sp³-hybridized carbons (Fsp3) is 0.194. The van der Waals surface area contributed by atoms with E-state index in [1.165, 1.54) is 0 Å². The normalized spacial score (nSPS) is 19.8. The van der Waals surface area contributed by atoms with Crippen LogP contribution in [0.1, 0.15) is 43.0 Å². The smallest absolute Gasteiger partial charge is 0.265 e. The third kappa shape index (κ3) is 5.36. The molecule has 0 radical (unpaired) electrons. The van der Waals surface area contributed by atoms with Crippen molar-refractivity contribution in [1.29, 1.82) is 0 Å². The molecule has 0 unspecified atom stereocenters. The third-order valence-electron chi connectivity index (χ3n) is 7.06. The maximum atomic E-state index is 11.3. The summed E-state index contributed by atoms with van der Waals surface area (Å²) in [6.45, 7) is 1.98. The average molecular weight is 638 g/mol. The summed E-state index contributed by atoms with van der Waals surface area (Å²) in [5.74, 6) is 0.268. The number of nitrogens with zero attached hydrogens (tertiary/aromatic N) is 1. The van der Waals surface area contributed by atoms with E-state index in [-0.39, 0.29) is 11.5 Å². The van der Waals surface area contributed by atoms with Gasteiger partial charge in [-0.1, -0.05) is 54.6 Å². The van der Waals surface area contributed by atoms with E-state index in [1.54, 1.807) is 24.3 Å². The molecule has 7 heteroatoms. The SMILES string of the molecule is C[C@]1(CC[C@H](O)c2ccc(I)cc2)OC(=S)N(c2ccccc2)[C@@H]1c1ccc(-c2cccc(O)c2)cc1O. The summed E-state index contributed by atoms with van der Waals surface area (Å²) in [6.07, 6.45) is 0.303. The molecule has 194 valence electrons. The van der Waals surface area contributed by atoms with Gasteiger partial charge in [-0.05, 0) is 114 Å². The molecule has 4 aromatic carbocycles. The van der Waals surface area contributed by atoms with Gasteiger partial charge in [-0.3, -0.25) is 4.90 Å². The van der Waals surface area contributed by atoms with Crippen molar-refractivity contribution < 1.29 is 20.1 Å². The van der Waals surface area contributed by atoms with E-state index >= 15 is 0 Å². The lowest BCUT2D eigenvalue weighted by molar-refractivity contribution is 0.0522. The predicted molar refractivity (Wildman–Crippen MR) is 162 cm³/mol. The zero-order chi connectivity index (χ0) is 26.9. The Bertz CT molecular complexity index is 1450. The van der Waals surface area contributed by atoms with Gasteiger partial charge in [0.25, 0.3) is 5.17 Å². The van der Waals surface area contributed by atoms with Gasteiger partial charge in [0.05, 0.1) is 6.10 Å². The first kappa shape index (κ1) is 26.5. The minimum Gasteiger partial charge on any atom is -0.508 e. The van der Waals surface area contributed by atoms with Gasteiger partial charge < -0.3 is 20.1 Å². The van der Waals surface area contributed by atoms with Crippen LogP contribution in [0.5, 0.6) is 11.5 Å². The second kappa shape index (κ2) is 10.9. The monoisotopic (exact) mass is 637 g/mol. The van der Waals surface area contributed by atoms with Gasteiger partial charge >= 0.3 is 0 Å². The van der Waals surface area contributed by atoms with Crippen LogP contribution in [-0.2, 0) is 4.74 Å². The number of ether oxygens (including phenoxy) is 1. The molecule has 3 N–H and O–H groups in total. The highest BCUT2D eigenvalue weighted by Crippen LogP contribution is 2.49. The Morgan fingerprint density at radius 3 is 2.32 bits per heavy atom. The van der Waals surface area contributed by atoms with Crippen LogP contribution in [-0.4, -0.2) is 26.1 Å². The summed E-state index contributed by atoms with van der Waals surface area (Å²) >= 11 is 7.97. The Labute approximate surface area is 241 Å². The number of rotatable bonds is 7. The molecule has 1 fully saturated rings. The highest BCUT2D eigenvalue weighted by atomic mass is 127.